The molecule has 1 aliphatic rings. The highest BCUT2D eigenvalue weighted by Gasteiger charge is 2.13. The van der Waals surface area contributed by atoms with Crippen LogP contribution in [-0.2, 0) is 9.53 Å². The SMILES string of the molecule is CCOCC(=O)NCC[C@@H]1CCCN1. The Morgan fingerprint density at radius 3 is 3.14 bits per heavy atom. The molecule has 0 aromatic carbocycles. The lowest BCUT2D eigenvalue weighted by molar-refractivity contribution is -0.125. The molecule has 1 fully saturated rings. The summed E-state index contributed by atoms with van der Waals surface area (Å²) in [4.78, 5) is 11.1. The summed E-state index contributed by atoms with van der Waals surface area (Å²) in [6.07, 6.45) is 3.52. The van der Waals surface area contributed by atoms with E-state index in [1.54, 1.807) is 0 Å². The number of rotatable bonds is 6. The van der Waals surface area contributed by atoms with Crippen molar-refractivity contribution in [3.8, 4) is 0 Å². The van der Waals surface area contributed by atoms with Crippen LogP contribution in [0.1, 0.15) is 26.2 Å². The van der Waals surface area contributed by atoms with Gasteiger partial charge in [-0.1, -0.05) is 0 Å². The standard InChI is InChI=1S/C10H20N2O2/c1-2-14-8-10(13)12-7-5-9-4-3-6-11-9/h9,11H,2-8H2,1H3,(H,12,13)/t9-/m0/s1. The van der Waals surface area contributed by atoms with E-state index in [1.807, 2.05) is 6.92 Å². The van der Waals surface area contributed by atoms with E-state index < -0.39 is 0 Å². The van der Waals surface area contributed by atoms with Gasteiger partial charge in [-0.15, -0.1) is 0 Å². The lowest BCUT2D eigenvalue weighted by Crippen LogP contribution is -2.32. The van der Waals surface area contributed by atoms with E-state index in [0.717, 1.165) is 19.5 Å². The molecule has 1 rings (SSSR count). The van der Waals surface area contributed by atoms with Crippen LogP contribution in [0.3, 0.4) is 0 Å². The fourth-order valence-electron chi connectivity index (χ4n) is 1.63. The van der Waals surface area contributed by atoms with E-state index >= 15 is 0 Å². The van der Waals surface area contributed by atoms with Crippen LogP contribution in [-0.4, -0.2) is 38.3 Å². The first-order chi connectivity index (χ1) is 6.83. The van der Waals surface area contributed by atoms with E-state index in [9.17, 15) is 4.79 Å². The average Bonchev–Trinajstić information content (AvgIpc) is 2.67. The van der Waals surface area contributed by atoms with Crippen LogP contribution in [0.4, 0.5) is 0 Å². The Hall–Kier alpha value is -0.610. The third kappa shape index (κ3) is 4.58. The molecule has 0 spiro atoms. The number of nitrogens with one attached hydrogen (secondary N) is 2. The molecule has 4 nitrogen and oxygen atoms in total. The van der Waals surface area contributed by atoms with Gasteiger partial charge in [0.15, 0.2) is 0 Å². The van der Waals surface area contributed by atoms with Gasteiger partial charge in [-0.25, -0.2) is 0 Å². The second kappa shape index (κ2) is 6.79. The maximum atomic E-state index is 11.1. The van der Waals surface area contributed by atoms with Crippen molar-refractivity contribution in [1.82, 2.24) is 10.6 Å². The van der Waals surface area contributed by atoms with E-state index in [0.29, 0.717) is 12.6 Å². The number of hydrogen-bond acceptors (Lipinski definition) is 3. The summed E-state index contributed by atoms with van der Waals surface area (Å²) >= 11 is 0. The van der Waals surface area contributed by atoms with Gasteiger partial charge in [0, 0.05) is 19.2 Å². The minimum absolute atomic E-state index is 0.00940. The molecule has 1 atom stereocenters. The molecule has 4 heteroatoms. The second-order valence-electron chi connectivity index (χ2n) is 3.57. The number of amides is 1. The summed E-state index contributed by atoms with van der Waals surface area (Å²) < 4.78 is 4.99. The van der Waals surface area contributed by atoms with Crippen LogP contribution in [0.25, 0.3) is 0 Å². The summed E-state index contributed by atoms with van der Waals surface area (Å²) in [5, 5.41) is 6.23. The molecule has 2 N–H and O–H groups in total. The highest BCUT2D eigenvalue weighted by atomic mass is 16.5. The first-order valence-corrected chi connectivity index (χ1v) is 5.40. The van der Waals surface area contributed by atoms with Crippen molar-refractivity contribution >= 4 is 5.91 Å². The zero-order chi connectivity index (χ0) is 10.2. The Balaban J connectivity index is 1.94. The predicted octanol–water partition coefficient (Wildman–Crippen LogP) is 0.281. The number of carbonyl (C=O) groups is 1. The molecule has 82 valence electrons. The highest BCUT2D eigenvalue weighted by molar-refractivity contribution is 5.77. The smallest absolute Gasteiger partial charge is 0.245 e. The molecule has 0 unspecified atom stereocenters. The van der Waals surface area contributed by atoms with Gasteiger partial charge in [0.2, 0.25) is 5.91 Å². The maximum absolute atomic E-state index is 11.1. The molecule has 0 radical (unpaired) electrons. The Morgan fingerprint density at radius 2 is 2.50 bits per heavy atom. The molecule has 0 saturated carbocycles. The summed E-state index contributed by atoms with van der Waals surface area (Å²) in [6, 6.07) is 0.599. The monoisotopic (exact) mass is 200 g/mol. The largest absolute Gasteiger partial charge is 0.372 e. The van der Waals surface area contributed by atoms with Gasteiger partial charge in [-0.2, -0.15) is 0 Å². The predicted molar refractivity (Wildman–Crippen MR) is 55.1 cm³/mol. The van der Waals surface area contributed by atoms with Crippen molar-refractivity contribution in [1.29, 1.82) is 0 Å². The fourth-order valence-corrected chi connectivity index (χ4v) is 1.63. The van der Waals surface area contributed by atoms with Crippen molar-refractivity contribution in [2.24, 2.45) is 0 Å². The molecule has 14 heavy (non-hydrogen) atoms. The third-order valence-electron chi connectivity index (χ3n) is 2.41. The highest BCUT2D eigenvalue weighted by Crippen LogP contribution is 2.07. The molecule has 1 heterocycles. The van der Waals surface area contributed by atoms with E-state index in [2.05, 4.69) is 10.6 Å². The van der Waals surface area contributed by atoms with Gasteiger partial charge >= 0.3 is 0 Å². The summed E-state index contributed by atoms with van der Waals surface area (Å²) in [6.45, 7) is 4.54. The first-order valence-electron chi connectivity index (χ1n) is 5.40. The second-order valence-corrected chi connectivity index (χ2v) is 3.57. The molecular weight excluding hydrogens is 180 g/mol. The minimum Gasteiger partial charge on any atom is -0.372 e. The number of ether oxygens (including phenoxy) is 1. The number of hydrogen-bond donors (Lipinski definition) is 2. The fraction of sp³-hybridized carbons (Fsp3) is 0.900. The Labute approximate surface area is 85.4 Å². The van der Waals surface area contributed by atoms with Crippen LogP contribution in [0.5, 0.6) is 0 Å². The Morgan fingerprint density at radius 1 is 1.64 bits per heavy atom. The zero-order valence-electron chi connectivity index (χ0n) is 8.84. The van der Waals surface area contributed by atoms with Crippen LogP contribution >= 0.6 is 0 Å². The Bertz CT molecular complexity index is 168. The van der Waals surface area contributed by atoms with Crippen molar-refractivity contribution in [3.63, 3.8) is 0 Å². The minimum atomic E-state index is -0.00940. The van der Waals surface area contributed by atoms with Crippen molar-refractivity contribution < 1.29 is 9.53 Å². The molecule has 0 aromatic heterocycles. The van der Waals surface area contributed by atoms with Gasteiger partial charge in [0.05, 0.1) is 0 Å². The first kappa shape index (κ1) is 11.5. The van der Waals surface area contributed by atoms with Crippen LogP contribution in [0, 0.1) is 0 Å². The molecule has 0 aliphatic carbocycles. The van der Waals surface area contributed by atoms with Gasteiger partial charge < -0.3 is 15.4 Å². The van der Waals surface area contributed by atoms with Gasteiger partial charge in [0.1, 0.15) is 6.61 Å². The third-order valence-corrected chi connectivity index (χ3v) is 2.41. The van der Waals surface area contributed by atoms with Crippen molar-refractivity contribution in [2.75, 3.05) is 26.3 Å². The van der Waals surface area contributed by atoms with Crippen LogP contribution < -0.4 is 10.6 Å². The van der Waals surface area contributed by atoms with Crippen LogP contribution in [0.2, 0.25) is 0 Å². The molecule has 0 bridgehead atoms. The molecule has 1 aliphatic heterocycles. The van der Waals surface area contributed by atoms with Gasteiger partial charge in [-0.3, -0.25) is 4.79 Å². The summed E-state index contributed by atoms with van der Waals surface area (Å²) in [5.74, 6) is -0.00940. The lowest BCUT2D eigenvalue weighted by Gasteiger charge is -2.10. The van der Waals surface area contributed by atoms with Crippen LogP contribution in [0.15, 0.2) is 0 Å². The normalized spacial score (nSPS) is 21.1. The molecule has 0 aromatic rings. The maximum Gasteiger partial charge on any atom is 0.245 e. The topological polar surface area (TPSA) is 50.4 Å². The summed E-state index contributed by atoms with van der Waals surface area (Å²) in [5.41, 5.74) is 0. The van der Waals surface area contributed by atoms with Crippen molar-refractivity contribution in [2.45, 2.75) is 32.2 Å². The van der Waals surface area contributed by atoms with Gasteiger partial charge in [0.25, 0.3) is 0 Å². The zero-order valence-corrected chi connectivity index (χ0v) is 8.84. The van der Waals surface area contributed by atoms with E-state index in [-0.39, 0.29) is 12.5 Å². The molecule has 1 amide bonds. The quantitative estimate of drug-likeness (QED) is 0.647. The average molecular weight is 200 g/mol. The molecule has 1 saturated heterocycles. The number of carbonyl (C=O) groups excluding carboxylic acids is 1. The van der Waals surface area contributed by atoms with Crippen molar-refractivity contribution in [3.05, 3.63) is 0 Å². The Kier molecular flexibility index (Phi) is 5.56. The molecular formula is C10H20N2O2. The van der Waals surface area contributed by atoms with Gasteiger partial charge in [-0.05, 0) is 32.7 Å². The summed E-state index contributed by atoms with van der Waals surface area (Å²) in [7, 11) is 0. The van der Waals surface area contributed by atoms with E-state index in [4.69, 9.17) is 4.74 Å². The van der Waals surface area contributed by atoms with E-state index in [1.165, 1.54) is 12.8 Å². The lowest BCUT2D eigenvalue weighted by atomic mass is 10.1.